The summed E-state index contributed by atoms with van der Waals surface area (Å²) in [5.41, 5.74) is 0.721. The molecule has 1 N–H and O–H groups in total. The van der Waals surface area contributed by atoms with Gasteiger partial charge in [0, 0.05) is 24.7 Å². The molecule has 1 amide bonds. The summed E-state index contributed by atoms with van der Waals surface area (Å²) in [6, 6.07) is 7.78. The van der Waals surface area contributed by atoms with Gasteiger partial charge in [-0.1, -0.05) is 6.07 Å². The van der Waals surface area contributed by atoms with Gasteiger partial charge < -0.3 is 15.0 Å². The van der Waals surface area contributed by atoms with Crippen LogP contribution in [-0.4, -0.2) is 43.6 Å². The number of piperidine rings is 1. The van der Waals surface area contributed by atoms with E-state index in [-0.39, 0.29) is 5.91 Å². The van der Waals surface area contributed by atoms with E-state index in [1.807, 2.05) is 29.2 Å². The van der Waals surface area contributed by atoms with E-state index < -0.39 is 0 Å². The number of likely N-dealkylation sites (tertiary alicyclic amines) is 1. The third-order valence-electron chi connectivity index (χ3n) is 4.00. The van der Waals surface area contributed by atoms with Crippen molar-refractivity contribution in [2.45, 2.75) is 12.5 Å². The van der Waals surface area contributed by atoms with Crippen LogP contribution in [0.2, 0.25) is 0 Å². The van der Waals surface area contributed by atoms with Crippen molar-refractivity contribution in [1.29, 1.82) is 0 Å². The lowest BCUT2D eigenvalue weighted by atomic mass is 9.82. The average molecular weight is 246 g/mol. The van der Waals surface area contributed by atoms with Crippen LogP contribution in [0, 0.1) is 5.92 Å². The summed E-state index contributed by atoms with van der Waals surface area (Å²) in [4.78, 5) is 14.4. The van der Waals surface area contributed by atoms with E-state index in [1.165, 1.54) is 6.42 Å². The first-order valence-electron chi connectivity index (χ1n) is 6.45. The van der Waals surface area contributed by atoms with Crippen molar-refractivity contribution in [3.8, 4) is 5.75 Å². The molecule has 0 bridgehead atoms. The van der Waals surface area contributed by atoms with Crippen LogP contribution >= 0.6 is 0 Å². The number of methoxy groups -OCH3 is 1. The fourth-order valence-corrected chi connectivity index (χ4v) is 2.88. The van der Waals surface area contributed by atoms with Gasteiger partial charge in [0.1, 0.15) is 5.75 Å². The van der Waals surface area contributed by atoms with E-state index in [2.05, 4.69) is 5.32 Å². The molecular weight excluding hydrogens is 228 g/mol. The van der Waals surface area contributed by atoms with Crippen LogP contribution in [0.25, 0.3) is 0 Å². The first-order valence-corrected chi connectivity index (χ1v) is 6.45. The van der Waals surface area contributed by atoms with E-state index in [0.717, 1.165) is 30.9 Å². The highest BCUT2D eigenvalue weighted by Crippen LogP contribution is 2.31. The van der Waals surface area contributed by atoms with Crippen molar-refractivity contribution in [1.82, 2.24) is 10.2 Å². The first kappa shape index (κ1) is 11.5. The van der Waals surface area contributed by atoms with Gasteiger partial charge in [0.05, 0.1) is 7.11 Å². The molecule has 18 heavy (non-hydrogen) atoms. The monoisotopic (exact) mass is 246 g/mol. The number of rotatable bonds is 2. The molecule has 0 spiro atoms. The molecule has 2 heterocycles. The summed E-state index contributed by atoms with van der Waals surface area (Å²) < 4.78 is 5.16. The van der Waals surface area contributed by atoms with E-state index >= 15 is 0 Å². The number of amides is 1. The standard InChI is InChI=1S/C14H18N2O2/c1-18-12-4-2-3-10(7-12)14(17)16-9-11-5-6-15-8-13(11)16/h2-4,7,11,13,15H,5-6,8-9H2,1H3/t11-,13-/m0/s1. The quantitative estimate of drug-likeness (QED) is 0.850. The maximum absolute atomic E-state index is 12.4. The van der Waals surface area contributed by atoms with Crippen molar-refractivity contribution >= 4 is 5.91 Å². The van der Waals surface area contributed by atoms with Crippen LogP contribution in [-0.2, 0) is 0 Å². The second-order valence-corrected chi connectivity index (χ2v) is 5.01. The highest BCUT2D eigenvalue weighted by molar-refractivity contribution is 5.95. The Balaban J connectivity index is 1.74. The molecule has 0 unspecified atom stereocenters. The van der Waals surface area contributed by atoms with Crippen molar-refractivity contribution in [2.24, 2.45) is 5.92 Å². The predicted molar refractivity (Wildman–Crippen MR) is 68.8 cm³/mol. The van der Waals surface area contributed by atoms with Crippen LogP contribution < -0.4 is 10.1 Å². The molecule has 3 rings (SSSR count). The van der Waals surface area contributed by atoms with Crippen LogP contribution in [0.5, 0.6) is 5.75 Å². The van der Waals surface area contributed by atoms with E-state index in [1.54, 1.807) is 7.11 Å². The van der Waals surface area contributed by atoms with E-state index in [0.29, 0.717) is 12.0 Å². The van der Waals surface area contributed by atoms with Gasteiger partial charge >= 0.3 is 0 Å². The second kappa shape index (κ2) is 4.61. The number of carbonyl (C=O) groups excluding carboxylic acids is 1. The Morgan fingerprint density at radius 1 is 1.50 bits per heavy atom. The van der Waals surface area contributed by atoms with Crippen molar-refractivity contribution < 1.29 is 9.53 Å². The lowest BCUT2D eigenvalue weighted by Crippen LogP contribution is -2.65. The highest BCUT2D eigenvalue weighted by atomic mass is 16.5. The molecule has 0 radical (unpaired) electrons. The molecule has 1 aromatic carbocycles. The van der Waals surface area contributed by atoms with Gasteiger partial charge in [0.15, 0.2) is 0 Å². The van der Waals surface area contributed by atoms with Crippen molar-refractivity contribution in [3.63, 3.8) is 0 Å². The molecule has 2 saturated heterocycles. The largest absolute Gasteiger partial charge is 0.497 e. The summed E-state index contributed by atoms with van der Waals surface area (Å²) in [6.45, 7) is 2.92. The van der Waals surface area contributed by atoms with Gasteiger partial charge in [-0.15, -0.1) is 0 Å². The second-order valence-electron chi connectivity index (χ2n) is 5.01. The maximum Gasteiger partial charge on any atom is 0.254 e. The number of nitrogens with zero attached hydrogens (tertiary/aromatic N) is 1. The zero-order valence-corrected chi connectivity index (χ0v) is 10.6. The number of fused-ring (bicyclic) bond motifs is 1. The number of ether oxygens (including phenoxy) is 1. The highest BCUT2D eigenvalue weighted by Gasteiger charge is 2.42. The number of benzene rings is 1. The minimum atomic E-state index is 0.124. The lowest BCUT2D eigenvalue weighted by Gasteiger charge is -2.51. The molecular formula is C14H18N2O2. The third kappa shape index (κ3) is 1.86. The summed E-state index contributed by atoms with van der Waals surface area (Å²) in [6.07, 6.45) is 1.19. The maximum atomic E-state index is 12.4. The lowest BCUT2D eigenvalue weighted by molar-refractivity contribution is 0.00279. The van der Waals surface area contributed by atoms with Gasteiger partial charge in [-0.25, -0.2) is 0 Å². The Kier molecular flexibility index (Phi) is 2.96. The minimum absolute atomic E-state index is 0.124. The molecule has 4 heteroatoms. The topological polar surface area (TPSA) is 41.6 Å². The van der Waals surface area contributed by atoms with E-state index in [4.69, 9.17) is 4.74 Å². The fourth-order valence-electron chi connectivity index (χ4n) is 2.88. The Morgan fingerprint density at radius 2 is 2.39 bits per heavy atom. The summed E-state index contributed by atoms with van der Waals surface area (Å²) in [5, 5.41) is 3.36. The zero-order chi connectivity index (χ0) is 12.5. The molecule has 0 saturated carbocycles. The first-order chi connectivity index (χ1) is 8.79. The SMILES string of the molecule is COc1cccc(C(=O)N2C[C@@H]3CCNC[C@@H]32)c1. The number of carbonyl (C=O) groups is 1. The number of nitrogens with one attached hydrogen (secondary N) is 1. The van der Waals surface area contributed by atoms with Crippen LogP contribution in [0.1, 0.15) is 16.8 Å². The minimum Gasteiger partial charge on any atom is -0.497 e. The summed E-state index contributed by atoms with van der Waals surface area (Å²) >= 11 is 0. The van der Waals surface area contributed by atoms with Gasteiger partial charge in [-0.05, 0) is 37.1 Å². The zero-order valence-electron chi connectivity index (χ0n) is 10.6. The normalized spacial score (nSPS) is 26.2. The smallest absolute Gasteiger partial charge is 0.254 e. The molecule has 0 aliphatic carbocycles. The number of hydrogen-bond donors (Lipinski definition) is 1. The molecule has 96 valence electrons. The Labute approximate surface area is 107 Å². The van der Waals surface area contributed by atoms with Gasteiger partial charge in [0.25, 0.3) is 5.91 Å². The molecule has 2 aliphatic rings. The van der Waals surface area contributed by atoms with Gasteiger partial charge in [0.2, 0.25) is 0 Å². The third-order valence-corrected chi connectivity index (χ3v) is 4.00. The van der Waals surface area contributed by atoms with Crippen LogP contribution in [0.15, 0.2) is 24.3 Å². The van der Waals surface area contributed by atoms with Crippen LogP contribution in [0.3, 0.4) is 0 Å². The molecule has 0 aromatic heterocycles. The predicted octanol–water partition coefficient (Wildman–Crippen LogP) is 1.13. The van der Waals surface area contributed by atoms with Gasteiger partial charge in [-0.2, -0.15) is 0 Å². The molecule has 2 atom stereocenters. The van der Waals surface area contributed by atoms with Crippen molar-refractivity contribution in [3.05, 3.63) is 29.8 Å². The fraction of sp³-hybridized carbons (Fsp3) is 0.500. The molecule has 2 aliphatic heterocycles. The Morgan fingerprint density at radius 3 is 3.17 bits per heavy atom. The molecule has 4 nitrogen and oxygen atoms in total. The molecule has 2 fully saturated rings. The van der Waals surface area contributed by atoms with Crippen molar-refractivity contribution in [2.75, 3.05) is 26.7 Å². The Bertz CT molecular complexity index is 461. The van der Waals surface area contributed by atoms with Crippen LogP contribution in [0.4, 0.5) is 0 Å². The number of hydrogen-bond acceptors (Lipinski definition) is 3. The van der Waals surface area contributed by atoms with E-state index in [9.17, 15) is 4.79 Å². The van der Waals surface area contributed by atoms with Gasteiger partial charge in [-0.3, -0.25) is 4.79 Å². The summed E-state index contributed by atoms with van der Waals surface area (Å²) in [7, 11) is 1.62. The summed E-state index contributed by atoms with van der Waals surface area (Å²) in [5.74, 6) is 1.55. The Hall–Kier alpha value is -1.55. The average Bonchev–Trinajstić information content (AvgIpc) is 2.40. The molecule has 1 aromatic rings.